The lowest BCUT2D eigenvalue weighted by Gasteiger charge is -2.02. The third kappa shape index (κ3) is 2.06. The monoisotopic (exact) mass is 284 g/mol. The predicted octanol–water partition coefficient (Wildman–Crippen LogP) is 2.86. The van der Waals surface area contributed by atoms with Crippen molar-refractivity contribution in [1.29, 1.82) is 0 Å². The molecule has 2 aromatic heterocycles. The molecule has 21 heavy (non-hydrogen) atoms. The second kappa shape index (κ2) is 4.41. The maximum Gasteiger partial charge on any atom is 0.293 e. The Labute approximate surface area is 119 Å². The molecule has 3 aromatic rings. The number of para-hydroxylation sites is 1. The van der Waals surface area contributed by atoms with E-state index >= 15 is 0 Å². The maximum absolute atomic E-state index is 11.2. The van der Waals surface area contributed by atoms with Gasteiger partial charge in [-0.3, -0.25) is 10.1 Å². The topological polar surface area (TPSA) is 87.0 Å². The van der Waals surface area contributed by atoms with Crippen molar-refractivity contribution in [2.45, 2.75) is 25.3 Å². The second-order valence-corrected chi connectivity index (χ2v) is 5.24. The summed E-state index contributed by atoms with van der Waals surface area (Å²) in [6, 6.07) is 6.88. The van der Waals surface area contributed by atoms with Gasteiger partial charge in [-0.25, -0.2) is 0 Å². The van der Waals surface area contributed by atoms with Crippen LogP contribution in [0.15, 0.2) is 35.0 Å². The van der Waals surface area contributed by atoms with Crippen LogP contribution in [0.1, 0.15) is 30.5 Å². The summed E-state index contributed by atoms with van der Waals surface area (Å²) in [7, 11) is 0. The highest BCUT2D eigenvalue weighted by molar-refractivity contribution is 5.88. The average Bonchev–Trinajstić information content (AvgIpc) is 3.09. The van der Waals surface area contributed by atoms with Crippen molar-refractivity contribution in [3.05, 3.63) is 52.3 Å². The fourth-order valence-electron chi connectivity index (χ4n) is 2.51. The normalized spacial score (nSPS) is 14.7. The van der Waals surface area contributed by atoms with Gasteiger partial charge in [-0.15, -0.1) is 0 Å². The van der Waals surface area contributed by atoms with Crippen molar-refractivity contribution in [2.24, 2.45) is 0 Å². The van der Waals surface area contributed by atoms with Crippen molar-refractivity contribution in [3.63, 3.8) is 0 Å². The zero-order valence-electron chi connectivity index (χ0n) is 11.1. The molecule has 2 heterocycles. The van der Waals surface area contributed by atoms with Crippen LogP contribution in [0.5, 0.6) is 0 Å². The molecule has 1 aliphatic rings. The summed E-state index contributed by atoms with van der Waals surface area (Å²) in [5.74, 6) is 1.65. The highest BCUT2D eigenvalue weighted by atomic mass is 16.6. The fraction of sp³-hybridized carbons (Fsp3) is 0.286. The fourth-order valence-corrected chi connectivity index (χ4v) is 2.51. The van der Waals surface area contributed by atoms with Crippen LogP contribution >= 0.6 is 0 Å². The van der Waals surface area contributed by atoms with Crippen LogP contribution in [0.2, 0.25) is 0 Å². The largest absolute Gasteiger partial charge is 0.337 e. The molecule has 0 N–H and O–H groups in total. The zero-order valence-corrected chi connectivity index (χ0v) is 11.1. The van der Waals surface area contributed by atoms with Crippen LogP contribution in [0.4, 0.5) is 5.69 Å². The van der Waals surface area contributed by atoms with Crippen molar-refractivity contribution in [1.82, 2.24) is 14.7 Å². The van der Waals surface area contributed by atoms with Gasteiger partial charge in [-0.2, -0.15) is 4.98 Å². The van der Waals surface area contributed by atoms with Gasteiger partial charge in [-0.05, 0) is 18.9 Å². The summed E-state index contributed by atoms with van der Waals surface area (Å²) in [5, 5.41) is 15.9. The molecule has 0 unspecified atom stereocenters. The van der Waals surface area contributed by atoms with Gasteiger partial charge in [0, 0.05) is 23.6 Å². The zero-order chi connectivity index (χ0) is 14.4. The molecule has 0 atom stereocenters. The molecule has 1 aliphatic carbocycles. The number of aromatic nitrogens is 3. The van der Waals surface area contributed by atoms with Crippen molar-refractivity contribution in [2.75, 3.05) is 0 Å². The number of non-ortho nitro benzene ring substituents is 1. The maximum atomic E-state index is 11.2. The first-order valence-electron chi connectivity index (χ1n) is 6.77. The van der Waals surface area contributed by atoms with Crippen LogP contribution in [0.3, 0.4) is 0 Å². The van der Waals surface area contributed by atoms with E-state index in [2.05, 4.69) is 10.1 Å². The van der Waals surface area contributed by atoms with Crippen molar-refractivity contribution >= 4 is 16.6 Å². The molecule has 4 rings (SSSR count). The molecular formula is C14H12N4O3. The summed E-state index contributed by atoms with van der Waals surface area (Å²) in [6.45, 7) is 0.341. The van der Waals surface area contributed by atoms with E-state index in [4.69, 9.17) is 4.52 Å². The van der Waals surface area contributed by atoms with E-state index in [9.17, 15) is 10.1 Å². The minimum Gasteiger partial charge on any atom is -0.337 e. The van der Waals surface area contributed by atoms with Gasteiger partial charge in [-0.1, -0.05) is 17.3 Å². The number of hydrogen-bond acceptors (Lipinski definition) is 5. The van der Waals surface area contributed by atoms with Crippen LogP contribution in [-0.2, 0) is 6.54 Å². The van der Waals surface area contributed by atoms with Gasteiger partial charge < -0.3 is 9.09 Å². The summed E-state index contributed by atoms with van der Waals surface area (Å²) < 4.78 is 7.01. The summed E-state index contributed by atoms with van der Waals surface area (Å²) in [5.41, 5.74) is 0.660. The van der Waals surface area contributed by atoms with Gasteiger partial charge in [0.05, 0.1) is 4.92 Å². The minimum atomic E-state index is -0.373. The molecule has 0 bridgehead atoms. The van der Waals surface area contributed by atoms with Gasteiger partial charge in [0.25, 0.3) is 5.69 Å². The molecule has 1 saturated carbocycles. The molecule has 106 valence electrons. The molecule has 0 spiro atoms. The van der Waals surface area contributed by atoms with Gasteiger partial charge in [0.2, 0.25) is 5.89 Å². The van der Waals surface area contributed by atoms with E-state index in [0.29, 0.717) is 23.9 Å². The first kappa shape index (κ1) is 12.1. The third-order valence-electron chi connectivity index (χ3n) is 3.70. The van der Waals surface area contributed by atoms with Gasteiger partial charge in [0.15, 0.2) is 5.82 Å². The molecule has 0 amide bonds. The number of nitro groups is 1. The molecular weight excluding hydrogens is 272 g/mol. The molecule has 1 aromatic carbocycles. The number of hydrogen-bond donors (Lipinski definition) is 0. The second-order valence-electron chi connectivity index (χ2n) is 5.24. The first-order valence-corrected chi connectivity index (χ1v) is 6.77. The number of nitrogens with zero attached hydrogens (tertiary/aromatic N) is 4. The highest BCUT2D eigenvalue weighted by Crippen LogP contribution is 2.38. The van der Waals surface area contributed by atoms with Crippen LogP contribution in [0.25, 0.3) is 10.9 Å². The van der Waals surface area contributed by atoms with Gasteiger partial charge >= 0.3 is 0 Å². The highest BCUT2D eigenvalue weighted by Gasteiger charge is 2.29. The van der Waals surface area contributed by atoms with E-state index < -0.39 is 0 Å². The molecule has 0 saturated heterocycles. The molecule has 7 nitrogen and oxygen atoms in total. The SMILES string of the molecule is O=[N+]([O-])c1cccc2ccn(Cc3nc(C4CC4)no3)c12. The van der Waals surface area contributed by atoms with Crippen LogP contribution in [-0.4, -0.2) is 19.6 Å². The lowest BCUT2D eigenvalue weighted by atomic mass is 10.2. The van der Waals surface area contributed by atoms with E-state index in [1.54, 1.807) is 16.8 Å². The number of fused-ring (bicyclic) bond motifs is 1. The molecule has 0 radical (unpaired) electrons. The Morgan fingerprint density at radius 3 is 3.00 bits per heavy atom. The third-order valence-corrected chi connectivity index (χ3v) is 3.70. The Morgan fingerprint density at radius 2 is 2.24 bits per heavy atom. The lowest BCUT2D eigenvalue weighted by Crippen LogP contribution is -2.01. The average molecular weight is 284 g/mol. The molecule has 1 fully saturated rings. The molecule has 0 aliphatic heterocycles. The Hall–Kier alpha value is -2.70. The predicted molar refractivity (Wildman–Crippen MR) is 74.0 cm³/mol. The molecule has 7 heteroatoms. The van der Waals surface area contributed by atoms with E-state index in [-0.39, 0.29) is 10.6 Å². The first-order chi connectivity index (χ1) is 10.2. The summed E-state index contributed by atoms with van der Waals surface area (Å²) in [4.78, 5) is 15.1. The lowest BCUT2D eigenvalue weighted by molar-refractivity contribution is -0.383. The number of rotatable bonds is 4. The van der Waals surface area contributed by atoms with Crippen molar-refractivity contribution < 1.29 is 9.45 Å². The quantitative estimate of drug-likeness (QED) is 0.543. The Morgan fingerprint density at radius 1 is 1.38 bits per heavy atom. The number of benzene rings is 1. The van der Waals surface area contributed by atoms with E-state index in [1.165, 1.54) is 6.07 Å². The summed E-state index contributed by atoms with van der Waals surface area (Å²) in [6.07, 6.45) is 4.02. The van der Waals surface area contributed by atoms with Crippen LogP contribution < -0.4 is 0 Å². The Kier molecular flexibility index (Phi) is 2.53. The standard InChI is InChI=1S/C14H12N4O3/c19-18(20)11-3-1-2-9-6-7-17(13(9)11)8-12-15-14(16-21-12)10-4-5-10/h1-3,6-7,10H,4-5,8H2. The van der Waals surface area contributed by atoms with E-state index in [0.717, 1.165) is 24.1 Å². The minimum absolute atomic E-state index is 0.0828. The summed E-state index contributed by atoms with van der Waals surface area (Å²) >= 11 is 0. The smallest absolute Gasteiger partial charge is 0.293 e. The Balaban J connectivity index is 1.73. The van der Waals surface area contributed by atoms with Gasteiger partial charge in [0.1, 0.15) is 12.1 Å². The number of nitro benzene ring substituents is 1. The Bertz CT molecular complexity index is 832. The van der Waals surface area contributed by atoms with Crippen molar-refractivity contribution in [3.8, 4) is 0 Å². The van der Waals surface area contributed by atoms with Crippen LogP contribution in [0, 0.1) is 10.1 Å². The van der Waals surface area contributed by atoms with E-state index in [1.807, 2.05) is 12.1 Å².